The van der Waals surface area contributed by atoms with Gasteiger partial charge in [0.2, 0.25) is 0 Å². The molecule has 4 N–H and O–H groups in total. The first-order chi connectivity index (χ1) is 9.89. The Morgan fingerprint density at radius 2 is 2.29 bits per heavy atom. The Bertz CT molecular complexity index is 579. The summed E-state index contributed by atoms with van der Waals surface area (Å²) in [5.74, 6) is 0.0688. The second-order valence-electron chi connectivity index (χ2n) is 4.00. The van der Waals surface area contributed by atoms with Crippen LogP contribution in [0.25, 0.3) is 0 Å². The Balaban J connectivity index is 2.54. The summed E-state index contributed by atoms with van der Waals surface area (Å²) in [4.78, 5) is 24.2. The summed E-state index contributed by atoms with van der Waals surface area (Å²) in [5.41, 5.74) is 4.74. The number of nitrogens with two attached hydrogens (primary N) is 1. The summed E-state index contributed by atoms with van der Waals surface area (Å²) in [6.07, 6.45) is 0.939. The van der Waals surface area contributed by atoms with Crippen molar-refractivity contribution in [1.82, 2.24) is 9.55 Å². The van der Waals surface area contributed by atoms with Crippen molar-refractivity contribution in [2.24, 2.45) is 0 Å². The minimum Gasteiger partial charge on any atom is -0.394 e. The number of hydrogen-bond donors (Lipinski definition) is 3. The summed E-state index contributed by atoms with van der Waals surface area (Å²) in [7, 11) is -4.97. The van der Waals surface area contributed by atoms with Gasteiger partial charge in [-0.2, -0.15) is 4.98 Å². The van der Waals surface area contributed by atoms with Crippen molar-refractivity contribution < 1.29 is 28.2 Å². The molecule has 0 aliphatic carbocycles. The van der Waals surface area contributed by atoms with Gasteiger partial charge in [0.15, 0.2) is 0 Å². The molecule has 0 amide bonds. The van der Waals surface area contributed by atoms with Gasteiger partial charge in [0.25, 0.3) is 0 Å². The molecule has 0 fully saturated rings. The first kappa shape index (κ1) is 17.9. The predicted molar refractivity (Wildman–Crippen MR) is 73.0 cm³/mol. The normalized spacial score (nSPS) is 15.7. The van der Waals surface area contributed by atoms with Crippen molar-refractivity contribution in [1.29, 1.82) is 0 Å². The molecule has 0 aromatic carbocycles. The van der Waals surface area contributed by atoms with E-state index in [4.69, 9.17) is 15.4 Å². The number of anilines is 1. The lowest BCUT2D eigenvalue weighted by molar-refractivity contribution is 0.126. The first-order valence-electron chi connectivity index (χ1n) is 5.76. The van der Waals surface area contributed by atoms with Gasteiger partial charge in [-0.25, -0.2) is 13.7 Å². The number of aliphatic hydroxyl groups is 1. The molecule has 0 radical (unpaired) electrons. The SMILES string of the molecule is Nc1ccn(C(CO)CCOCP(=O)(O)OP=O)c(=O)n1. The quantitative estimate of drug-likeness (QED) is 0.420. The van der Waals surface area contributed by atoms with Crippen LogP contribution in [0.4, 0.5) is 5.82 Å². The fourth-order valence-corrected chi connectivity index (χ4v) is 2.46. The van der Waals surface area contributed by atoms with Gasteiger partial charge in [-0.3, -0.25) is 9.13 Å². The van der Waals surface area contributed by atoms with Crippen LogP contribution < -0.4 is 11.4 Å². The summed E-state index contributed by atoms with van der Waals surface area (Å²) in [6.45, 7) is -0.368. The van der Waals surface area contributed by atoms with Crippen LogP contribution in [0.5, 0.6) is 0 Å². The van der Waals surface area contributed by atoms with Gasteiger partial charge in [-0.1, -0.05) is 0 Å². The smallest absolute Gasteiger partial charge is 0.363 e. The highest BCUT2D eigenvalue weighted by atomic mass is 31.2. The Hall–Kier alpha value is -1.15. The monoisotopic (exact) mass is 339 g/mol. The summed E-state index contributed by atoms with van der Waals surface area (Å²) < 4.78 is 31.4. The molecule has 0 saturated carbocycles. The number of aliphatic hydroxyl groups excluding tert-OH is 1. The second-order valence-corrected chi connectivity index (χ2v) is 6.33. The topological polar surface area (TPSA) is 154 Å². The zero-order valence-corrected chi connectivity index (χ0v) is 12.7. The third-order valence-electron chi connectivity index (χ3n) is 2.47. The number of hydrogen-bond acceptors (Lipinski definition) is 8. The van der Waals surface area contributed by atoms with Crippen LogP contribution in [0.2, 0.25) is 0 Å². The molecule has 0 aliphatic heterocycles. The molecule has 12 heteroatoms. The number of nitrogen functional groups attached to an aromatic ring is 1. The Labute approximate surface area is 121 Å². The molecular formula is C9H15N3O7P2. The maximum atomic E-state index is 11.6. The molecule has 1 heterocycles. The Morgan fingerprint density at radius 3 is 2.86 bits per heavy atom. The molecule has 0 bridgehead atoms. The molecular weight excluding hydrogens is 324 g/mol. The molecule has 10 nitrogen and oxygen atoms in total. The van der Waals surface area contributed by atoms with Gasteiger partial charge in [0.05, 0.1) is 12.6 Å². The third-order valence-corrected chi connectivity index (χ3v) is 4.26. The van der Waals surface area contributed by atoms with E-state index in [1.165, 1.54) is 16.8 Å². The van der Waals surface area contributed by atoms with E-state index in [-0.39, 0.29) is 25.5 Å². The van der Waals surface area contributed by atoms with Crippen molar-refractivity contribution in [3.63, 3.8) is 0 Å². The fourth-order valence-electron chi connectivity index (χ4n) is 1.50. The van der Waals surface area contributed by atoms with E-state index in [0.717, 1.165) is 0 Å². The van der Waals surface area contributed by atoms with Crippen LogP contribution in [-0.2, 0) is 18.2 Å². The molecule has 21 heavy (non-hydrogen) atoms. The molecule has 1 aromatic rings. The van der Waals surface area contributed by atoms with Crippen molar-refractivity contribution >= 4 is 22.1 Å². The van der Waals surface area contributed by atoms with E-state index in [2.05, 4.69) is 9.29 Å². The molecule has 0 spiro atoms. The van der Waals surface area contributed by atoms with Gasteiger partial charge in [-0.05, 0) is 12.5 Å². The zero-order chi connectivity index (χ0) is 15.9. The van der Waals surface area contributed by atoms with E-state index in [9.17, 15) is 19.0 Å². The predicted octanol–water partition coefficient (Wildman–Crippen LogP) is 0.132. The lowest BCUT2D eigenvalue weighted by atomic mass is 10.2. The third kappa shape index (κ3) is 6.01. The van der Waals surface area contributed by atoms with Crippen LogP contribution >= 0.6 is 16.3 Å². The van der Waals surface area contributed by atoms with E-state index in [0.29, 0.717) is 0 Å². The molecule has 2 unspecified atom stereocenters. The van der Waals surface area contributed by atoms with Crippen LogP contribution in [0.15, 0.2) is 17.1 Å². The largest absolute Gasteiger partial charge is 0.394 e. The van der Waals surface area contributed by atoms with Gasteiger partial charge in [0, 0.05) is 12.8 Å². The maximum Gasteiger partial charge on any atom is 0.363 e. The van der Waals surface area contributed by atoms with E-state index >= 15 is 0 Å². The number of aromatic nitrogens is 2. The average Bonchev–Trinajstić information content (AvgIpc) is 2.40. The van der Waals surface area contributed by atoms with Crippen molar-refractivity contribution in [3.8, 4) is 0 Å². The molecule has 0 saturated heterocycles. The number of nitrogens with zero attached hydrogens (tertiary/aromatic N) is 2. The van der Waals surface area contributed by atoms with Crippen molar-refractivity contribution in [2.75, 3.05) is 25.3 Å². The van der Waals surface area contributed by atoms with E-state index in [1.54, 1.807) is 0 Å². The lowest BCUT2D eigenvalue weighted by Gasteiger charge is -2.17. The standard InChI is InChI=1S/C9H15N3O7P2/c10-8-1-3-12(9(14)11-8)7(5-13)2-4-18-6-21(16,17)19-20-15/h1,3,7,13H,2,4-6H2,(H,16,17)(H2,10,11,14). The average molecular weight is 339 g/mol. The van der Waals surface area contributed by atoms with Crippen LogP contribution in [0, 0.1) is 0 Å². The zero-order valence-electron chi connectivity index (χ0n) is 10.9. The summed E-state index contributed by atoms with van der Waals surface area (Å²) in [5, 5.41) is 9.27. The minimum absolute atomic E-state index is 0.0221. The molecule has 1 rings (SSSR count). The van der Waals surface area contributed by atoms with Crippen molar-refractivity contribution in [2.45, 2.75) is 12.5 Å². The van der Waals surface area contributed by atoms with Crippen molar-refractivity contribution in [3.05, 3.63) is 22.7 Å². The van der Waals surface area contributed by atoms with Gasteiger partial charge < -0.3 is 20.5 Å². The van der Waals surface area contributed by atoms with Crippen LogP contribution in [-0.4, -0.2) is 39.1 Å². The second kappa shape index (κ2) is 8.33. The maximum absolute atomic E-state index is 11.6. The van der Waals surface area contributed by atoms with E-state index in [1.807, 2.05) is 0 Å². The highest BCUT2D eigenvalue weighted by molar-refractivity contribution is 7.57. The number of rotatable bonds is 9. The molecule has 118 valence electrons. The van der Waals surface area contributed by atoms with Gasteiger partial charge in [0.1, 0.15) is 12.2 Å². The minimum atomic E-state index is -4.06. The molecule has 2 atom stereocenters. The molecule has 0 aliphatic rings. The summed E-state index contributed by atoms with van der Waals surface area (Å²) >= 11 is 0. The first-order valence-corrected chi connectivity index (χ1v) is 8.25. The van der Waals surface area contributed by atoms with Gasteiger partial charge in [-0.15, -0.1) is 0 Å². The number of ether oxygens (including phenoxy) is 1. The molecule has 1 aromatic heterocycles. The highest BCUT2D eigenvalue weighted by Crippen LogP contribution is 2.45. The fraction of sp³-hybridized carbons (Fsp3) is 0.556. The van der Waals surface area contributed by atoms with Crippen LogP contribution in [0.3, 0.4) is 0 Å². The summed E-state index contributed by atoms with van der Waals surface area (Å²) in [6, 6.07) is 0.802. The van der Waals surface area contributed by atoms with Crippen LogP contribution in [0.1, 0.15) is 12.5 Å². The lowest BCUT2D eigenvalue weighted by Crippen LogP contribution is -2.29. The Morgan fingerprint density at radius 1 is 1.57 bits per heavy atom. The van der Waals surface area contributed by atoms with E-state index < -0.39 is 34.4 Å². The Kier molecular flexibility index (Phi) is 7.10. The highest BCUT2D eigenvalue weighted by Gasteiger charge is 2.20. The van der Waals surface area contributed by atoms with Gasteiger partial charge >= 0.3 is 22.0 Å².